The molecule has 6 aromatic carbocycles. The number of benzene rings is 6. The number of halogens is 1. The van der Waals surface area contributed by atoms with Gasteiger partial charge in [0.25, 0.3) is 0 Å². The second-order valence-electron chi connectivity index (χ2n) is 9.70. The van der Waals surface area contributed by atoms with E-state index in [1.807, 2.05) is 12.1 Å². The average Bonchev–Trinajstić information content (AvgIpc) is 3.79. The molecule has 2 atom stereocenters. The van der Waals surface area contributed by atoms with Crippen LogP contribution in [0.3, 0.4) is 0 Å². The predicted molar refractivity (Wildman–Crippen MR) is 177 cm³/mol. The van der Waals surface area contributed by atoms with Crippen LogP contribution in [0, 0.1) is 0 Å². The Morgan fingerprint density at radius 3 is 1.38 bits per heavy atom. The van der Waals surface area contributed by atoms with Gasteiger partial charge in [-0.2, -0.15) is 0 Å². The molecule has 5 heteroatoms. The molecule has 0 saturated carbocycles. The molecule has 3 heterocycles. The van der Waals surface area contributed by atoms with Crippen molar-refractivity contribution in [2.75, 3.05) is 0 Å². The largest absolute Gasteiger partial charge is 1.00 e. The second kappa shape index (κ2) is 13.8. The summed E-state index contributed by atoms with van der Waals surface area (Å²) in [6, 6.07) is 40.1. The van der Waals surface area contributed by atoms with E-state index in [0.717, 1.165) is 4.47 Å². The normalized spacial score (nSPS) is 15.5. The van der Waals surface area contributed by atoms with Crippen LogP contribution in [-0.2, 0) is 4.74 Å². The maximum absolute atomic E-state index is 6.05. The van der Waals surface area contributed by atoms with E-state index in [4.69, 9.17) is 4.74 Å². The molecule has 0 amide bonds. The van der Waals surface area contributed by atoms with Crippen molar-refractivity contribution in [2.24, 2.45) is 0 Å². The molecule has 42 heavy (non-hydrogen) atoms. The van der Waals surface area contributed by atoms with Crippen molar-refractivity contribution in [1.82, 2.24) is 0 Å². The minimum atomic E-state index is 0. The van der Waals surface area contributed by atoms with Gasteiger partial charge >= 0.3 is 29.6 Å². The monoisotopic (exact) mass is 623 g/mol. The molecule has 0 spiro atoms. The zero-order chi connectivity index (χ0) is 26.2. The van der Waals surface area contributed by atoms with E-state index >= 15 is 0 Å². The minimum absolute atomic E-state index is 0. The van der Waals surface area contributed by atoms with Gasteiger partial charge in [-0.1, -0.05) is 133 Å². The summed E-state index contributed by atoms with van der Waals surface area (Å²) >= 11 is 3.62. The van der Waals surface area contributed by atoms with Gasteiger partial charge in [-0.3, -0.25) is 0 Å². The van der Waals surface area contributed by atoms with Crippen LogP contribution in [0.4, 0.5) is 0 Å². The van der Waals surface area contributed by atoms with Gasteiger partial charge in [-0.15, -0.1) is 0 Å². The van der Waals surface area contributed by atoms with Gasteiger partial charge in [0.1, 0.15) is 12.2 Å². The van der Waals surface area contributed by atoms with Crippen LogP contribution in [0.1, 0.15) is 30.8 Å². The molecule has 3 nitrogen and oxygen atoms in total. The van der Waals surface area contributed by atoms with Crippen LogP contribution in [0.2, 0.25) is 0 Å². The number of furan rings is 1. The summed E-state index contributed by atoms with van der Waals surface area (Å²) in [5, 5.41) is 10.5. The molecule has 2 aliphatic rings. The van der Waals surface area contributed by atoms with Gasteiger partial charge in [-0.05, 0) is 72.4 Å². The Bertz CT molecular complexity index is 1900. The molecular weight excluding hydrogens is 593 g/mol. The Hall–Kier alpha value is -3.22. The van der Waals surface area contributed by atoms with Crippen LogP contribution in [0.25, 0.3) is 49.2 Å². The van der Waals surface area contributed by atoms with Crippen LogP contribution in [0.5, 0.6) is 0 Å². The van der Waals surface area contributed by atoms with Crippen molar-refractivity contribution in [3.05, 3.63) is 162 Å². The van der Waals surface area contributed by atoms with E-state index in [2.05, 4.69) is 136 Å². The number of hydrogen-bond acceptors (Lipinski definition) is 2. The zero-order valence-electron chi connectivity index (χ0n) is 22.7. The molecule has 204 valence electrons. The SMILES string of the molecule is Brc1cc2ccccc2c2ccccc12.C.C1=CC2OC1c1c2c2ccccc2c2ccccc12.[NH2-].[Na+].c1ccoc1. The van der Waals surface area contributed by atoms with Crippen molar-refractivity contribution in [3.63, 3.8) is 0 Å². The summed E-state index contributed by atoms with van der Waals surface area (Å²) in [4.78, 5) is 0. The van der Waals surface area contributed by atoms with E-state index in [1.54, 1.807) is 12.5 Å². The fraction of sp³-hybridized carbons (Fsp3) is 0.0811. The fourth-order valence-electron chi connectivity index (χ4n) is 5.82. The van der Waals surface area contributed by atoms with Crippen molar-refractivity contribution in [3.8, 4) is 0 Å². The molecule has 2 aliphatic heterocycles. The molecule has 2 bridgehead atoms. The van der Waals surface area contributed by atoms with Crippen molar-refractivity contribution in [1.29, 1.82) is 0 Å². The fourth-order valence-corrected chi connectivity index (χ4v) is 6.42. The van der Waals surface area contributed by atoms with Crippen LogP contribution in [0.15, 0.2) is 149 Å². The smallest absolute Gasteiger partial charge is 0.693 e. The first kappa shape index (κ1) is 31.7. The first-order valence-corrected chi connectivity index (χ1v) is 13.9. The molecule has 2 N–H and O–H groups in total. The third-order valence-corrected chi connectivity index (χ3v) is 8.14. The van der Waals surface area contributed by atoms with Crippen molar-refractivity contribution < 1.29 is 38.7 Å². The van der Waals surface area contributed by atoms with Crippen LogP contribution >= 0.6 is 15.9 Å². The summed E-state index contributed by atoms with van der Waals surface area (Å²) in [7, 11) is 0. The third-order valence-electron chi connectivity index (χ3n) is 7.48. The molecule has 0 aliphatic carbocycles. The zero-order valence-corrected chi connectivity index (χ0v) is 26.3. The summed E-state index contributed by atoms with van der Waals surface area (Å²) in [6.07, 6.45) is 7.92. The molecule has 1 aromatic heterocycles. The van der Waals surface area contributed by atoms with Gasteiger partial charge in [0.05, 0.1) is 12.5 Å². The number of fused-ring (bicyclic) bond motifs is 13. The predicted octanol–water partition coefficient (Wildman–Crippen LogP) is 9.07. The number of hydrogen-bond donors (Lipinski definition) is 0. The number of ether oxygens (including phenoxy) is 1. The Morgan fingerprint density at radius 1 is 0.500 bits per heavy atom. The van der Waals surface area contributed by atoms with E-state index in [0.29, 0.717) is 0 Å². The Morgan fingerprint density at radius 2 is 0.905 bits per heavy atom. The summed E-state index contributed by atoms with van der Waals surface area (Å²) < 4.78 is 11.8. The molecule has 7 aromatic rings. The first-order chi connectivity index (χ1) is 19.3. The maximum Gasteiger partial charge on any atom is 1.00 e. The van der Waals surface area contributed by atoms with Gasteiger partial charge in [0.2, 0.25) is 0 Å². The van der Waals surface area contributed by atoms with E-state index < -0.39 is 0 Å². The third kappa shape index (κ3) is 5.71. The van der Waals surface area contributed by atoms with E-state index in [-0.39, 0.29) is 55.3 Å². The Labute approximate surface area is 277 Å². The first-order valence-electron chi connectivity index (χ1n) is 13.1. The number of nitrogens with two attached hydrogens (primary N) is 1. The number of rotatable bonds is 0. The van der Waals surface area contributed by atoms with Crippen molar-refractivity contribution >= 4 is 59.0 Å². The standard InChI is InChI=1S/C18H12O.C14H9Br.C4H4O.CH4.H2N.Na/c1-3-7-13-11(5-1)12-6-2-4-8-14(12)18-16-10-9-15(19-16)17(13)18;15-14-9-10-5-1-2-6-11(10)12-7-3-4-8-13(12)14;1-2-4-5-3-1;;;/h1-10,15-16H;1-9H;1-4H;1H4;1H2;/q;;;;-1;+1. The molecular formula is C37H31BrNNaO2. The van der Waals surface area contributed by atoms with Crippen LogP contribution < -0.4 is 29.6 Å². The Kier molecular flexibility index (Phi) is 10.4. The molecule has 0 saturated heterocycles. The van der Waals surface area contributed by atoms with Gasteiger partial charge in [0, 0.05) is 4.47 Å². The summed E-state index contributed by atoms with van der Waals surface area (Å²) in [6.45, 7) is 0. The van der Waals surface area contributed by atoms with E-state index in [1.165, 1.54) is 54.2 Å². The summed E-state index contributed by atoms with van der Waals surface area (Å²) in [5.74, 6) is 0. The van der Waals surface area contributed by atoms with Crippen molar-refractivity contribution in [2.45, 2.75) is 19.6 Å². The van der Waals surface area contributed by atoms with Gasteiger partial charge in [-0.25, -0.2) is 0 Å². The minimum Gasteiger partial charge on any atom is -0.693 e. The molecule has 9 rings (SSSR count). The topological polar surface area (TPSA) is 55.9 Å². The molecule has 0 fully saturated rings. The van der Waals surface area contributed by atoms with Gasteiger partial charge < -0.3 is 15.3 Å². The quantitative estimate of drug-likeness (QED) is 0.0961. The van der Waals surface area contributed by atoms with Crippen LogP contribution in [-0.4, -0.2) is 0 Å². The van der Waals surface area contributed by atoms with E-state index in [9.17, 15) is 0 Å². The maximum atomic E-state index is 6.05. The molecule has 2 unspecified atom stereocenters. The summed E-state index contributed by atoms with van der Waals surface area (Å²) in [5.41, 5.74) is 2.75. The molecule has 0 radical (unpaired) electrons. The average molecular weight is 625 g/mol. The Balaban J connectivity index is 0.000000159. The van der Waals surface area contributed by atoms with Gasteiger partial charge in [0.15, 0.2) is 0 Å². The second-order valence-corrected chi connectivity index (χ2v) is 10.6.